The Morgan fingerprint density at radius 2 is 1.76 bits per heavy atom. The quantitative estimate of drug-likeness (QED) is 0.557. The molecule has 1 aliphatic heterocycles. The molecule has 3 aromatic rings. The number of aliphatic hydroxyl groups excluding tert-OH is 1. The number of piperazine rings is 1. The number of carbonyl (C=O) groups is 1. The molecule has 3 N–H and O–H groups in total. The topological polar surface area (TPSA) is 112 Å². The second-order valence-corrected chi connectivity index (χ2v) is 8.04. The Bertz CT molecular complexity index is 1080. The van der Waals surface area contributed by atoms with Crippen molar-refractivity contribution in [2.45, 2.75) is 13.2 Å². The van der Waals surface area contributed by atoms with Gasteiger partial charge in [-0.15, -0.1) is 0 Å². The van der Waals surface area contributed by atoms with Crippen molar-refractivity contribution in [2.24, 2.45) is 5.73 Å². The molecule has 0 bridgehead atoms. The average Bonchev–Trinajstić information content (AvgIpc) is 2.88. The Labute approximate surface area is 193 Å². The van der Waals surface area contributed by atoms with Crippen LogP contribution in [0.3, 0.4) is 0 Å². The summed E-state index contributed by atoms with van der Waals surface area (Å²) < 4.78 is 0. The van der Waals surface area contributed by atoms with Gasteiger partial charge < -0.3 is 25.5 Å². The van der Waals surface area contributed by atoms with Crippen molar-refractivity contribution >= 4 is 17.7 Å². The molecule has 1 fully saturated rings. The molecule has 4 rings (SSSR count). The zero-order chi connectivity index (χ0) is 23.2. The summed E-state index contributed by atoms with van der Waals surface area (Å²) in [6.07, 6.45) is 5.43. The standard InChI is InChI=1S/C24H29N7O2/c1-29(22(33)13-25)16-18-4-2-5-19(12-18)21-14-27-24(28-15-21)31-10-8-30(9-11-31)23-20(17-32)6-3-7-26-23/h2-7,12,14-15,32H,8-11,13,16-17,25H2,1H3. The molecule has 1 amide bonds. The highest BCUT2D eigenvalue weighted by Gasteiger charge is 2.21. The molecule has 1 aromatic carbocycles. The van der Waals surface area contributed by atoms with Crippen LogP contribution in [-0.4, -0.2) is 70.6 Å². The highest BCUT2D eigenvalue weighted by atomic mass is 16.3. The zero-order valence-electron chi connectivity index (χ0n) is 18.8. The molecule has 0 saturated carbocycles. The lowest BCUT2D eigenvalue weighted by Crippen LogP contribution is -2.47. The smallest absolute Gasteiger partial charge is 0.236 e. The first-order valence-electron chi connectivity index (χ1n) is 11.0. The minimum Gasteiger partial charge on any atom is -0.392 e. The van der Waals surface area contributed by atoms with Gasteiger partial charge in [0.2, 0.25) is 11.9 Å². The van der Waals surface area contributed by atoms with Gasteiger partial charge >= 0.3 is 0 Å². The first kappa shape index (κ1) is 22.6. The summed E-state index contributed by atoms with van der Waals surface area (Å²) in [5.74, 6) is 1.45. The number of benzene rings is 1. The third kappa shape index (κ3) is 5.27. The maximum Gasteiger partial charge on any atom is 0.236 e. The van der Waals surface area contributed by atoms with Gasteiger partial charge in [-0.25, -0.2) is 15.0 Å². The Morgan fingerprint density at radius 3 is 2.45 bits per heavy atom. The van der Waals surface area contributed by atoms with Crippen LogP contribution in [0.1, 0.15) is 11.1 Å². The third-order valence-electron chi connectivity index (χ3n) is 5.82. The van der Waals surface area contributed by atoms with Gasteiger partial charge in [0.25, 0.3) is 0 Å². The van der Waals surface area contributed by atoms with E-state index in [1.54, 1.807) is 18.1 Å². The van der Waals surface area contributed by atoms with Crippen molar-refractivity contribution in [3.63, 3.8) is 0 Å². The van der Waals surface area contributed by atoms with Gasteiger partial charge in [0, 0.05) is 69.5 Å². The van der Waals surface area contributed by atoms with E-state index < -0.39 is 0 Å². The minimum atomic E-state index is -0.0937. The Morgan fingerprint density at radius 1 is 1.03 bits per heavy atom. The number of anilines is 2. The van der Waals surface area contributed by atoms with Crippen LogP contribution in [0.2, 0.25) is 0 Å². The second-order valence-electron chi connectivity index (χ2n) is 8.04. The summed E-state index contributed by atoms with van der Waals surface area (Å²) in [5, 5.41) is 9.58. The van der Waals surface area contributed by atoms with Crippen molar-refractivity contribution in [2.75, 3.05) is 49.6 Å². The molecule has 0 unspecified atom stereocenters. The number of aromatic nitrogens is 3. The van der Waals surface area contributed by atoms with Crippen molar-refractivity contribution in [1.82, 2.24) is 19.9 Å². The van der Waals surface area contributed by atoms with E-state index in [4.69, 9.17) is 5.73 Å². The van der Waals surface area contributed by atoms with Crippen LogP contribution in [0.25, 0.3) is 11.1 Å². The molecule has 33 heavy (non-hydrogen) atoms. The van der Waals surface area contributed by atoms with Crippen molar-refractivity contribution in [1.29, 1.82) is 0 Å². The number of hydrogen-bond acceptors (Lipinski definition) is 8. The van der Waals surface area contributed by atoms with Gasteiger partial charge in [-0.2, -0.15) is 0 Å². The summed E-state index contributed by atoms with van der Waals surface area (Å²) >= 11 is 0. The fourth-order valence-electron chi connectivity index (χ4n) is 3.96. The fourth-order valence-corrected chi connectivity index (χ4v) is 3.96. The van der Waals surface area contributed by atoms with Crippen molar-refractivity contribution < 1.29 is 9.90 Å². The van der Waals surface area contributed by atoms with E-state index in [0.717, 1.165) is 54.3 Å². The zero-order valence-corrected chi connectivity index (χ0v) is 18.8. The maximum atomic E-state index is 11.8. The molecule has 9 heteroatoms. The van der Waals surface area contributed by atoms with Crippen LogP contribution in [0.15, 0.2) is 55.0 Å². The summed E-state index contributed by atoms with van der Waals surface area (Å²) in [7, 11) is 1.75. The normalized spacial score (nSPS) is 13.8. The molecule has 3 heterocycles. The predicted octanol–water partition coefficient (Wildman–Crippen LogP) is 1.27. The predicted molar refractivity (Wildman–Crippen MR) is 128 cm³/mol. The SMILES string of the molecule is CN(Cc1cccc(-c2cnc(N3CCN(c4ncccc4CO)CC3)nc2)c1)C(=O)CN. The van der Waals surface area contributed by atoms with Crippen LogP contribution < -0.4 is 15.5 Å². The Kier molecular flexibility index (Phi) is 7.11. The highest BCUT2D eigenvalue weighted by molar-refractivity contribution is 5.77. The van der Waals surface area contributed by atoms with E-state index in [0.29, 0.717) is 12.5 Å². The second kappa shape index (κ2) is 10.4. The first-order chi connectivity index (χ1) is 16.1. The van der Waals surface area contributed by atoms with Gasteiger partial charge in [-0.3, -0.25) is 4.79 Å². The van der Waals surface area contributed by atoms with Crippen molar-refractivity contribution in [3.05, 3.63) is 66.1 Å². The van der Waals surface area contributed by atoms with E-state index >= 15 is 0 Å². The van der Waals surface area contributed by atoms with E-state index in [1.165, 1.54) is 0 Å². The summed E-state index contributed by atoms with van der Waals surface area (Å²) in [4.78, 5) is 31.4. The molecular formula is C24H29N7O2. The van der Waals surface area contributed by atoms with Gasteiger partial charge in [-0.1, -0.05) is 24.3 Å². The molecule has 0 atom stereocenters. The Hall–Kier alpha value is -3.56. The number of nitrogens with two attached hydrogens (primary N) is 1. The third-order valence-corrected chi connectivity index (χ3v) is 5.82. The van der Waals surface area contributed by atoms with Crippen LogP contribution >= 0.6 is 0 Å². The largest absolute Gasteiger partial charge is 0.392 e. The van der Waals surface area contributed by atoms with Gasteiger partial charge in [-0.05, 0) is 23.3 Å². The number of hydrogen-bond donors (Lipinski definition) is 2. The number of aliphatic hydroxyl groups is 1. The summed E-state index contributed by atoms with van der Waals surface area (Å²) in [6, 6.07) is 11.8. The lowest BCUT2D eigenvalue weighted by molar-refractivity contribution is -0.128. The molecule has 2 aromatic heterocycles. The van der Waals surface area contributed by atoms with Crippen LogP contribution in [0.4, 0.5) is 11.8 Å². The highest BCUT2D eigenvalue weighted by Crippen LogP contribution is 2.23. The molecule has 1 saturated heterocycles. The number of rotatable bonds is 7. The number of amides is 1. The van der Waals surface area contributed by atoms with Gasteiger partial charge in [0.15, 0.2) is 0 Å². The van der Waals surface area contributed by atoms with E-state index in [-0.39, 0.29) is 19.1 Å². The number of pyridine rings is 1. The molecule has 172 valence electrons. The summed E-state index contributed by atoms with van der Waals surface area (Å²) in [5.41, 5.74) is 9.24. The van der Waals surface area contributed by atoms with E-state index in [1.807, 2.05) is 48.8 Å². The van der Waals surface area contributed by atoms with E-state index in [9.17, 15) is 9.90 Å². The monoisotopic (exact) mass is 447 g/mol. The number of likely N-dealkylation sites (N-methyl/N-ethyl adjacent to an activating group) is 1. The minimum absolute atomic E-state index is 0.00418. The van der Waals surface area contributed by atoms with Crippen LogP contribution in [-0.2, 0) is 17.9 Å². The van der Waals surface area contributed by atoms with Crippen LogP contribution in [0, 0.1) is 0 Å². The maximum absolute atomic E-state index is 11.8. The van der Waals surface area contributed by atoms with Gasteiger partial charge in [0.1, 0.15) is 5.82 Å². The molecule has 0 aliphatic carbocycles. The molecule has 0 radical (unpaired) electrons. The Balaban J connectivity index is 1.40. The molecular weight excluding hydrogens is 418 g/mol. The molecule has 1 aliphatic rings. The first-order valence-corrected chi connectivity index (χ1v) is 11.0. The van der Waals surface area contributed by atoms with Gasteiger partial charge in [0.05, 0.1) is 13.2 Å². The summed E-state index contributed by atoms with van der Waals surface area (Å²) in [6.45, 7) is 3.61. The van der Waals surface area contributed by atoms with Crippen molar-refractivity contribution in [3.8, 4) is 11.1 Å². The lowest BCUT2D eigenvalue weighted by Gasteiger charge is -2.36. The number of nitrogens with zero attached hydrogens (tertiary/aromatic N) is 6. The molecule has 9 nitrogen and oxygen atoms in total. The lowest BCUT2D eigenvalue weighted by atomic mass is 10.1. The average molecular weight is 448 g/mol. The van der Waals surface area contributed by atoms with Crippen LogP contribution in [0.5, 0.6) is 0 Å². The molecule has 0 spiro atoms. The fraction of sp³-hybridized carbons (Fsp3) is 0.333. The number of carbonyl (C=O) groups excluding carboxylic acids is 1. The van der Waals surface area contributed by atoms with E-state index in [2.05, 4.69) is 24.8 Å².